The van der Waals surface area contributed by atoms with Gasteiger partial charge < -0.3 is 0 Å². The van der Waals surface area contributed by atoms with Gasteiger partial charge >= 0.3 is 0 Å². The molecular formula is C12H18N2O3S. The lowest BCUT2D eigenvalue weighted by Crippen LogP contribution is -2.30. The van der Waals surface area contributed by atoms with Gasteiger partial charge in [-0.1, -0.05) is 6.42 Å². The Kier molecular flexibility index (Phi) is 3.56. The van der Waals surface area contributed by atoms with Crippen LogP contribution in [0.4, 0.5) is 0 Å². The number of nitrogens with zero attached hydrogens (tertiary/aromatic N) is 2. The molecule has 1 aromatic heterocycles. The van der Waals surface area contributed by atoms with Crippen LogP contribution in [0.25, 0.3) is 0 Å². The van der Waals surface area contributed by atoms with Crippen LogP contribution in [-0.2, 0) is 23.3 Å². The van der Waals surface area contributed by atoms with Crippen molar-refractivity contribution >= 4 is 15.6 Å². The van der Waals surface area contributed by atoms with Crippen LogP contribution in [0.15, 0.2) is 6.07 Å². The Bertz CT molecular complexity index is 560. The van der Waals surface area contributed by atoms with E-state index in [1.807, 2.05) is 0 Å². The SMILES string of the molecule is CC(=O)c1cc(CC2CCCCS2(=O)=O)nn1C. The predicted molar refractivity (Wildman–Crippen MR) is 68.3 cm³/mol. The summed E-state index contributed by atoms with van der Waals surface area (Å²) in [6.07, 6.45) is 2.84. The number of carbonyl (C=O) groups is 1. The summed E-state index contributed by atoms with van der Waals surface area (Å²) in [5.74, 6) is 0.229. The monoisotopic (exact) mass is 270 g/mol. The van der Waals surface area contributed by atoms with Crippen molar-refractivity contribution in [3.05, 3.63) is 17.5 Å². The van der Waals surface area contributed by atoms with Crippen molar-refractivity contribution in [3.63, 3.8) is 0 Å². The molecule has 1 unspecified atom stereocenters. The first-order valence-electron chi connectivity index (χ1n) is 6.15. The summed E-state index contributed by atoms with van der Waals surface area (Å²) in [5.41, 5.74) is 1.22. The highest BCUT2D eigenvalue weighted by molar-refractivity contribution is 7.92. The molecule has 1 aliphatic heterocycles. The molecule has 2 rings (SSSR count). The standard InChI is InChI=1S/C12H18N2O3S/c1-9(15)12-8-10(13-14(12)2)7-11-5-3-4-6-18(11,16)17/h8,11H,3-7H2,1-2H3. The summed E-state index contributed by atoms with van der Waals surface area (Å²) in [5, 5.41) is 3.89. The molecule has 0 aromatic carbocycles. The van der Waals surface area contributed by atoms with Gasteiger partial charge in [-0.05, 0) is 18.9 Å². The number of carbonyl (C=O) groups excluding carboxylic acids is 1. The average molecular weight is 270 g/mol. The van der Waals surface area contributed by atoms with Gasteiger partial charge in [0.15, 0.2) is 15.6 Å². The van der Waals surface area contributed by atoms with Gasteiger partial charge in [-0.2, -0.15) is 5.10 Å². The first-order valence-corrected chi connectivity index (χ1v) is 7.87. The Morgan fingerprint density at radius 2 is 2.22 bits per heavy atom. The van der Waals surface area contributed by atoms with E-state index in [4.69, 9.17) is 0 Å². The van der Waals surface area contributed by atoms with Crippen LogP contribution in [0.2, 0.25) is 0 Å². The maximum absolute atomic E-state index is 11.9. The van der Waals surface area contributed by atoms with Gasteiger partial charge in [0.2, 0.25) is 0 Å². The van der Waals surface area contributed by atoms with Crippen LogP contribution in [0.3, 0.4) is 0 Å². The lowest BCUT2D eigenvalue weighted by atomic mass is 10.1. The first kappa shape index (κ1) is 13.3. The lowest BCUT2D eigenvalue weighted by Gasteiger charge is -2.21. The van der Waals surface area contributed by atoms with Gasteiger partial charge in [-0.3, -0.25) is 9.48 Å². The van der Waals surface area contributed by atoms with Gasteiger partial charge in [0.05, 0.1) is 16.7 Å². The van der Waals surface area contributed by atoms with E-state index in [1.54, 1.807) is 13.1 Å². The second kappa shape index (κ2) is 4.84. The van der Waals surface area contributed by atoms with Crippen LogP contribution in [0.1, 0.15) is 42.4 Å². The predicted octanol–water partition coefficient (Wildman–Crippen LogP) is 1.13. The molecular weight excluding hydrogens is 252 g/mol. The van der Waals surface area contributed by atoms with E-state index in [0.29, 0.717) is 24.2 Å². The van der Waals surface area contributed by atoms with E-state index in [-0.39, 0.29) is 16.8 Å². The molecule has 0 bridgehead atoms. The molecule has 1 aliphatic rings. The third-order valence-electron chi connectivity index (χ3n) is 3.44. The fourth-order valence-electron chi connectivity index (χ4n) is 2.44. The van der Waals surface area contributed by atoms with Crippen molar-refractivity contribution < 1.29 is 13.2 Å². The summed E-state index contributed by atoms with van der Waals surface area (Å²) >= 11 is 0. The van der Waals surface area contributed by atoms with E-state index >= 15 is 0 Å². The number of sulfone groups is 1. The van der Waals surface area contributed by atoms with Gasteiger partial charge in [-0.25, -0.2) is 8.42 Å². The van der Waals surface area contributed by atoms with Gasteiger partial charge in [0.1, 0.15) is 5.69 Å². The minimum Gasteiger partial charge on any atom is -0.293 e. The largest absolute Gasteiger partial charge is 0.293 e. The minimum atomic E-state index is -2.98. The maximum Gasteiger partial charge on any atom is 0.177 e. The molecule has 0 saturated carbocycles. The highest BCUT2D eigenvalue weighted by Gasteiger charge is 2.29. The van der Waals surface area contributed by atoms with Crippen molar-refractivity contribution in [1.82, 2.24) is 9.78 Å². The number of rotatable bonds is 3. The number of Topliss-reactive ketones (excluding diaryl/α,β-unsaturated/α-hetero) is 1. The molecule has 2 heterocycles. The molecule has 0 amide bonds. The average Bonchev–Trinajstić information content (AvgIpc) is 2.63. The second-order valence-corrected chi connectivity index (χ2v) is 7.29. The zero-order valence-corrected chi connectivity index (χ0v) is 11.5. The molecule has 0 N–H and O–H groups in total. The van der Waals surface area contributed by atoms with Crippen molar-refractivity contribution in [2.45, 2.75) is 37.9 Å². The number of ketones is 1. The molecule has 5 nitrogen and oxygen atoms in total. The quantitative estimate of drug-likeness (QED) is 0.772. The van der Waals surface area contributed by atoms with E-state index < -0.39 is 9.84 Å². The number of aromatic nitrogens is 2. The van der Waals surface area contributed by atoms with Crippen LogP contribution >= 0.6 is 0 Å². The summed E-state index contributed by atoms with van der Waals surface area (Å²) in [7, 11) is -1.28. The molecule has 0 aliphatic carbocycles. The van der Waals surface area contributed by atoms with E-state index in [0.717, 1.165) is 12.8 Å². The molecule has 1 atom stereocenters. The van der Waals surface area contributed by atoms with Crippen LogP contribution in [0.5, 0.6) is 0 Å². The Morgan fingerprint density at radius 1 is 1.50 bits per heavy atom. The molecule has 0 spiro atoms. The van der Waals surface area contributed by atoms with Crippen molar-refractivity contribution in [2.24, 2.45) is 7.05 Å². The van der Waals surface area contributed by atoms with Gasteiger partial charge in [0, 0.05) is 20.4 Å². The molecule has 1 saturated heterocycles. The number of aryl methyl sites for hydroxylation is 1. The van der Waals surface area contributed by atoms with E-state index in [1.165, 1.54) is 11.6 Å². The Hall–Kier alpha value is -1.17. The zero-order valence-electron chi connectivity index (χ0n) is 10.7. The Labute approximate surface area is 107 Å². The van der Waals surface area contributed by atoms with E-state index in [2.05, 4.69) is 5.10 Å². The Balaban J connectivity index is 2.19. The smallest absolute Gasteiger partial charge is 0.177 e. The normalized spacial score (nSPS) is 22.9. The molecule has 6 heteroatoms. The third kappa shape index (κ3) is 2.63. The molecule has 1 aromatic rings. The van der Waals surface area contributed by atoms with Crippen LogP contribution in [-0.4, -0.2) is 35.0 Å². The topological polar surface area (TPSA) is 69.0 Å². The molecule has 100 valence electrons. The molecule has 0 radical (unpaired) electrons. The lowest BCUT2D eigenvalue weighted by molar-refractivity contribution is 0.100. The van der Waals surface area contributed by atoms with Crippen molar-refractivity contribution in [1.29, 1.82) is 0 Å². The number of hydrogen-bond donors (Lipinski definition) is 0. The van der Waals surface area contributed by atoms with Gasteiger partial charge in [-0.15, -0.1) is 0 Å². The summed E-state index contributed by atoms with van der Waals surface area (Å²) in [6, 6.07) is 1.70. The van der Waals surface area contributed by atoms with Gasteiger partial charge in [0.25, 0.3) is 0 Å². The first-order chi connectivity index (χ1) is 8.40. The summed E-state index contributed by atoms with van der Waals surface area (Å²) in [6.45, 7) is 1.48. The highest BCUT2D eigenvalue weighted by Crippen LogP contribution is 2.22. The molecule has 18 heavy (non-hydrogen) atoms. The zero-order chi connectivity index (χ0) is 13.3. The minimum absolute atomic E-state index is 0.0530. The second-order valence-electron chi connectivity index (χ2n) is 4.89. The van der Waals surface area contributed by atoms with Crippen molar-refractivity contribution in [2.75, 3.05) is 5.75 Å². The molecule has 1 fully saturated rings. The fourth-order valence-corrected chi connectivity index (χ4v) is 4.33. The van der Waals surface area contributed by atoms with Crippen molar-refractivity contribution in [3.8, 4) is 0 Å². The maximum atomic E-state index is 11.9. The fraction of sp³-hybridized carbons (Fsp3) is 0.667. The Morgan fingerprint density at radius 3 is 2.78 bits per heavy atom. The highest BCUT2D eigenvalue weighted by atomic mass is 32.2. The third-order valence-corrected chi connectivity index (χ3v) is 5.72. The summed E-state index contributed by atoms with van der Waals surface area (Å²) in [4.78, 5) is 11.3. The van der Waals surface area contributed by atoms with Crippen LogP contribution in [0, 0.1) is 0 Å². The summed E-state index contributed by atoms with van der Waals surface area (Å²) < 4.78 is 25.3. The van der Waals surface area contributed by atoms with Crippen LogP contribution < -0.4 is 0 Å². The number of hydrogen-bond acceptors (Lipinski definition) is 4. The van der Waals surface area contributed by atoms with E-state index in [9.17, 15) is 13.2 Å².